The first kappa shape index (κ1) is 19.6. The molecule has 4 heterocycles. The number of anilines is 1. The SMILES string of the molecule is FC(F)(F)c1cnc(N[C@H]2CCCNC2)nc1-c1c[nH]c2cc(-c3cnco3)ccc12. The van der Waals surface area contributed by atoms with E-state index in [4.69, 9.17) is 4.42 Å². The van der Waals surface area contributed by atoms with Gasteiger partial charge in [-0.15, -0.1) is 0 Å². The van der Waals surface area contributed by atoms with Crippen LogP contribution in [-0.4, -0.2) is 39.1 Å². The number of aromatic amines is 1. The van der Waals surface area contributed by atoms with Crippen molar-refractivity contribution in [1.29, 1.82) is 0 Å². The first-order chi connectivity index (χ1) is 15.0. The average molecular weight is 428 g/mol. The number of hydrogen-bond acceptors (Lipinski definition) is 6. The zero-order chi connectivity index (χ0) is 21.4. The molecule has 0 bridgehead atoms. The van der Waals surface area contributed by atoms with Gasteiger partial charge in [0.2, 0.25) is 5.95 Å². The molecule has 7 nitrogen and oxygen atoms in total. The Balaban J connectivity index is 1.57. The highest BCUT2D eigenvalue weighted by Crippen LogP contribution is 2.39. The average Bonchev–Trinajstić information content (AvgIpc) is 3.43. The Hall–Kier alpha value is -3.40. The minimum atomic E-state index is -4.58. The Kier molecular flexibility index (Phi) is 4.85. The van der Waals surface area contributed by atoms with Gasteiger partial charge in [0, 0.05) is 47.0 Å². The molecule has 1 aliphatic heterocycles. The Bertz CT molecular complexity index is 1200. The molecule has 3 aromatic heterocycles. The molecule has 31 heavy (non-hydrogen) atoms. The zero-order valence-corrected chi connectivity index (χ0v) is 16.3. The smallest absolute Gasteiger partial charge is 0.419 e. The number of alkyl halides is 3. The number of rotatable bonds is 4. The fourth-order valence-corrected chi connectivity index (χ4v) is 3.86. The van der Waals surface area contributed by atoms with Crippen molar-refractivity contribution < 1.29 is 17.6 Å². The predicted octanol–water partition coefficient (Wildman–Crippen LogP) is 4.46. The van der Waals surface area contributed by atoms with Gasteiger partial charge in [-0.1, -0.05) is 12.1 Å². The van der Waals surface area contributed by atoms with Crippen LogP contribution >= 0.6 is 0 Å². The van der Waals surface area contributed by atoms with Gasteiger partial charge in [-0.3, -0.25) is 0 Å². The molecule has 10 heteroatoms. The van der Waals surface area contributed by atoms with Crippen LogP contribution in [0.15, 0.2) is 47.6 Å². The maximum absolute atomic E-state index is 13.7. The molecule has 0 radical (unpaired) electrons. The number of aromatic nitrogens is 4. The highest BCUT2D eigenvalue weighted by molar-refractivity contribution is 5.97. The molecule has 3 N–H and O–H groups in total. The number of hydrogen-bond donors (Lipinski definition) is 3. The molecule has 0 spiro atoms. The van der Waals surface area contributed by atoms with Crippen molar-refractivity contribution >= 4 is 16.9 Å². The fraction of sp³-hybridized carbons (Fsp3) is 0.286. The van der Waals surface area contributed by atoms with Gasteiger partial charge in [-0.25, -0.2) is 15.0 Å². The van der Waals surface area contributed by atoms with Crippen molar-refractivity contribution in [2.45, 2.75) is 25.1 Å². The molecule has 4 aromatic rings. The molecule has 0 unspecified atom stereocenters. The van der Waals surface area contributed by atoms with E-state index in [2.05, 4.69) is 30.6 Å². The normalized spacial score (nSPS) is 17.2. The number of nitrogens with zero attached hydrogens (tertiary/aromatic N) is 3. The van der Waals surface area contributed by atoms with E-state index in [9.17, 15) is 13.2 Å². The topological polar surface area (TPSA) is 91.7 Å². The van der Waals surface area contributed by atoms with Crippen molar-refractivity contribution in [1.82, 2.24) is 25.3 Å². The van der Waals surface area contributed by atoms with Crippen LogP contribution in [0.3, 0.4) is 0 Å². The first-order valence-electron chi connectivity index (χ1n) is 9.91. The summed E-state index contributed by atoms with van der Waals surface area (Å²) < 4.78 is 46.5. The van der Waals surface area contributed by atoms with E-state index in [0.717, 1.165) is 37.7 Å². The second-order valence-corrected chi connectivity index (χ2v) is 7.47. The van der Waals surface area contributed by atoms with Gasteiger partial charge in [0.1, 0.15) is 5.56 Å². The minimum absolute atomic E-state index is 0.0748. The molecule has 1 aromatic carbocycles. The number of oxazole rings is 1. The van der Waals surface area contributed by atoms with E-state index >= 15 is 0 Å². The summed E-state index contributed by atoms with van der Waals surface area (Å²) in [6, 6.07) is 5.41. The lowest BCUT2D eigenvalue weighted by Gasteiger charge is -2.24. The summed E-state index contributed by atoms with van der Waals surface area (Å²) >= 11 is 0. The Morgan fingerprint density at radius 1 is 1.19 bits per heavy atom. The number of benzene rings is 1. The van der Waals surface area contributed by atoms with Gasteiger partial charge in [0.15, 0.2) is 12.2 Å². The van der Waals surface area contributed by atoms with Crippen LogP contribution in [0.5, 0.6) is 0 Å². The minimum Gasteiger partial charge on any atom is -0.444 e. The van der Waals surface area contributed by atoms with E-state index in [1.807, 2.05) is 0 Å². The third-order valence-corrected chi connectivity index (χ3v) is 5.38. The number of piperidine rings is 1. The van der Waals surface area contributed by atoms with Crippen LogP contribution < -0.4 is 10.6 Å². The summed E-state index contributed by atoms with van der Waals surface area (Å²) in [4.78, 5) is 15.2. The van der Waals surface area contributed by atoms with Crippen molar-refractivity contribution in [2.75, 3.05) is 18.4 Å². The molecule has 0 aliphatic carbocycles. The molecular weight excluding hydrogens is 409 g/mol. The lowest BCUT2D eigenvalue weighted by molar-refractivity contribution is -0.137. The highest BCUT2D eigenvalue weighted by atomic mass is 19.4. The number of fused-ring (bicyclic) bond motifs is 1. The lowest BCUT2D eigenvalue weighted by atomic mass is 10.0. The maximum atomic E-state index is 13.7. The van der Waals surface area contributed by atoms with Gasteiger partial charge >= 0.3 is 6.18 Å². The standard InChI is InChI=1S/C21H19F3N6O/c22-21(23,24)16-9-28-20(29-13-2-1-5-25-7-13)30-19(16)15-8-27-17-6-12(3-4-14(15)17)18-10-26-11-31-18/h3-4,6,8-11,13,25,27H,1-2,5,7H2,(H,28,29,30)/t13-/m0/s1. The summed E-state index contributed by atoms with van der Waals surface area (Å²) in [5.41, 5.74) is 0.761. The van der Waals surface area contributed by atoms with Crippen LogP contribution in [0.1, 0.15) is 18.4 Å². The monoisotopic (exact) mass is 428 g/mol. The summed E-state index contributed by atoms with van der Waals surface area (Å²) in [7, 11) is 0. The van der Waals surface area contributed by atoms with E-state index in [1.54, 1.807) is 30.6 Å². The van der Waals surface area contributed by atoms with Crippen LogP contribution in [0, 0.1) is 0 Å². The van der Waals surface area contributed by atoms with E-state index in [0.29, 0.717) is 22.2 Å². The zero-order valence-electron chi connectivity index (χ0n) is 16.3. The van der Waals surface area contributed by atoms with Crippen molar-refractivity contribution in [2.24, 2.45) is 0 Å². The summed E-state index contributed by atoms with van der Waals surface area (Å²) in [6.07, 6.45) is 2.61. The van der Waals surface area contributed by atoms with E-state index < -0.39 is 11.7 Å². The van der Waals surface area contributed by atoms with Crippen LogP contribution in [0.4, 0.5) is 19.1 Å². The van der Waals surface area contributed by atoms with Gasteiger partial charge in [0.05, 0.1) is 11.9 Å². The second kappa shape index (κ2) is 7.69. The third kappa shape index (κ3) is 3.86. The number of nitrogens with one attached hydrogen (secondary N) is 3. The lowest BCUT2D eigenvalue weighted by Crippen LogP contribution is -2.38. The van der Waals surface area contributed by atoms with Gasteiger partial charge in [-0.2, -0.15) is 13.2 Å². The molecule has 1 saturated heterocycles. The highest BCUT2D eigenvalue weighted by Gasteiger charge is 2.36. The van der Waals surface area contributed by atoms with Gasteiger partial charge in [0.25, 0.3) is 0 Å². The van der Waals surface area contributed by atoms with E-state index in [1.165, 1.54) is 6.39 Å². The van der Waals surface area contributed by atoms with Gasteiger partial charge in [-0.05, 0) is 25.5 Å². The summed E-state index contributed by atoms with van der Waals surface area (Å²) in [6.45, 7) is 1.65. The summed E-state index contributed by atoms with van der Waals surface area (Å²) in [5, 5.41) is 7.04. The van der Waals surface area contributed by atoms with Crippen molar-refractivity contribution in [3.63, 3.8) is 0 Å². The third-order valence-electron chi connectivity index (χ3n) is 5.38. The Labute approximate surface area is 175 Å². The molecule has 160 valence electrons. The van der Waals surface area contributed by atoms with Crippen molar-refractivity contribution in [3.05, 3.63) is 48.7 Å². The second-order valence-electron chi connectivity index (χ2n) is 7.47. The molecule has 1 fully saturated rings. The molecule has 0 amide bonds. The fourth-order valence-electron chi connectivity index (χ4n) is 3.86. The molecular formula is C21H19F3N6O. The number of H-pyrrole nitrogens is 1. The maximum Gasteiger partial charge on any atom is 0.419 e. The molecule has 0 saturated carbocycles. The van der Waals surface area contributed by atoms with Crippen LogP contribution in [-0.2, 0) is 6.18 Å². The Morgan fingerprint density at radius 3 is 2.84 bits per heavy atom. The Morgan fingerprint density at radius 2 is 2.10 bits per heavy atom. The van der Waals surface area contributed by atoms with Crippen molar-refractivity contribution in [3.8, 4) is 22.6 Å². The van der Waals surface area contributed by atoms with E-state index in [-0.39, 0.29) is 17.7 Å². The van der Waals surface area contributed by atoms with Gasteiger partial charge < -0.3 is 20.0 Å². The molecule has 5 rings (SSSR count). The summed E-state index contributed by atoms with van der Waals surface area (Å²) in [5.74, 6) is 0.757. The molecule has 1 atom stereocenters. The largest absolute Gasteiger partial charge is 0.444 e. The first-order valence-corrected chi connectivity index (χ1v) is 9.91. The quantitative estimate of drug-likeness (QED) is 0.445. The number of halogens is 3. The van der Waals surface area contributed by atoms with Crippen LogP contribution in [0.25, 0.3) is 33.5 Å². The predicted molar refractivity (Wildman–Crippen MR) is 109 cm³/mol. The van der Waals surface area contributed by atoms with Crippen LogP contribution in [0.2, 0.25) is 0 Å². The molecule has 1 aliphatic rings.